The first-order valence-corrected chi connectivity index (χ1v) is 10.3. The van der Waals surface area contributed by atoms with Crippen LogP contribution >= 0.6 is 0 Å². The van der Waals surface area contributed by atoms with Crippen LogP contribution in [0, 0.1) is 11.6 Å². The highest BCUT2D eigenvalue weighted by molar-refractivity contribution is 5.86. The maximum Gasteiger partial charge on any atom is 0.403 e. The van der Waals surface area contributed by atoms with Crippen LogP contribution in [0.3, 0.4) is 0 Å². The number of nitrogens with zero attached hydrogens (tertiary/aromatic N) is 2. The van der Waals surface area contributed by atoms with E-state index >= 15 is 4.39 Å². The average Bonchev–Trinajstić information content (AvgIpc) is 2.79. The number of benzene rings is 1. The topological polar surface area (TPSA) is 34.1 Å². The largest absolute Gasteiger partial charge is 0.461 e. The third-order valence-corrected chi connectivity index (χ3v) is 6.19. The van der Waals surface area contributed by atoms with Crippen molar-refractivity contribution in [2.75, 3.05) is 7.11 Å². The monoisotopic (exact) mass is 422 g/mol. The number of esters is 1. The Kier molecular flexibility index (Phi) is 5.39. The van der Waals surface area contributed by atoms with Gasteiger partial charge in [-0.05, 0) is 36.6 Å². The zero-order chi connectivity index (χ0) is 22.2. The van der Waals surface area contributed by atoms with Crippen LogP contribution in [0.5, 0.6) is 0 Å². The van der Waals surface area contributed by atoms with Crippen molar-refractivity contribution in [3.8, 4) is 11.3 Å². The smallest absolute Gasteiger partial charge is 0.403 e. The van der Waals surface area contributed by atoms with Crippen LogP contribution in [-0.2, 0) is 10.2 Å². The quantitative estimate of drug-likeness (QED) is 0.458. The zero-order valence-electron chi connectivity index (χ0n) is 17.7. The standard InChI is InChI=1S/C25H24F2N2O2/c1-4-25(5-2)18-14-17(26)15-19(27)23(18)20-10-7-9-13-29(20)22(25)16-28-12-8-6-11-21(28)24(30)31-3/h6-16H,4-5H2,1-3H3/q+2. The second-order valence-electron chi connectivity index (χ2n) is 7.55. The van der Waals surface area contributed by atoms with Crippen LogP contribution in [0.2, 0.25) is 0 Å². The van der Waals surface area contributed by atoms with E-state index in [1.807, 2.05) is 55.1 Å². The summed E-state index contributed by atoms with van der Waals surface area (Å²) in [5, 5.41) is 0. The van der Waals surface area contributed by atoms with Gasteiger partial charge in [-0.25, -0.2) is 13.6 Å². The number of carbonyl (C=O) groups excluding carboxylic acids is 1. The first kappa shape index (κ1) is 20.8. The van der Waals surface area contributed by atoms with Gasteiger partial charge >= 0.3 is 5.97 Å². The minimum absolute atomic E-state index is 0.355. The van der Waals surface area contributed by atoms with Gasteiger partial charge in [0.15, 0.2) is 12.4 Å². The predicted molar refractivity (Wildman–Crippen MR) is 113 cm³/mol. The summed E-state index contributed by atoms with van der Waals surface area (Å²) in [6, 6.07) is 13.1. The molecule has 1 aliphatic heterocycles. The SMILES string of the molecule is CCC1(CC)C(=C[n+]2ccccc2C(=O)OC)[n+]2ccccc2-c2c(F)cc(F)cc21. The molecule has 3 aromatic rings. The molecular formula is C25H24F2N2O2+2. The first-order valence-electron chi connectivity index (χ1n) is 10.3. The van der Waals surface area contributed by atoms with Crippen molar-refractivity contribution >= 4 is 17.9 Å². The van der Waals surface area contributed by atoms with Crippen LogP contribution in [0.25, 0.3) is 23.2 Å². The molecule has 0 aliphatic carbocycles. The summed E-state index contributed by atoms with van der Waals surface area (Å²) in [5.41, 5.74) is 2.18. The maximum atomic E-state index is 15.1. The van der Waals surface area contributed by atoms with Crippen molar-refractivity contribution in [3.05, 3.63) is 83.8 Å². The fourth-order valence-corrected chi connectivity index (χ4v) is 4.59. The second-order valence-corrected chi connectivity index (χ2v) is 7.55. The number of rotatable bonds is 4. The summed E-state index contributed by atoms with van der Waals surface area (Å²) in [5.74, 6) is -1.65. The van der Waals surface area contributed by atoms with E-state index in [1.165, 1.54) is 13.2 Å². The van der Waals surface area contributed by atoms with Gasteiger partial charge < -0.3 is 4.74 Å². The van der Waals surface area contributed by atoms with Gasteiger partial charge in [0, 0.05) is 30.3 Å². The highest BCUT2D eigenvalue weighted by atomic mass is 19.1. The molecule has 0 amide bonds. The molecule has 0 bridgehead atoms. The lowest BCUT2D eigenvalue weighted by atomic mass is 9.68. The van der Waals surface area contributed by atoms with E-state index in [-0.39, 0.29) is 0 Å². The van der Waals surface area contributed by atoms with E-state index in [1.54, 1.807) is 22.9 Å². The highest BCUT2D eigenvalue weighted by Gasteiger charge is 2.50. The summed E-state index contributed by atoms with van der Waals surface area (Å²) in [6.07, 6.45) is 6.73. The van der Waals surface area contributed by atoms with E-state index in [9.17, 15) is 9.18 Å². The van der Waals surface area contributed by atoms with Gasteiger partial charge in [0.25, 0.3) is 11.4 Å². The molecule has 0 fully saturated rings. The van der Waals surface area contributed by atoms with Gasteiger partial charge in [-0.3, -0.25) is 0 Å². The molecule has 0 atom stereocenters. The van der Waals surface area contributed by atoms with E-state index in [4.69, 9.17) is 4.74 Å². The molecule has 0 N–H and O–H groups in total. The average molecular weight is 422 g/mol. The van der Waals surface area contributed by atoms with Gasteiger partial charge in [0.05, 0.1) is 18.1 Å². The van der Waals surface area contributed by atoms with Crippen LogP contribution in [-0.4, -0.2) is 13.1 Å². The lowest BCUT2D eigenvalue weighted by molar-refractivity contribution is -0.602. The number of halogens is 2. The fourth-order valence-electron chi connectivity index (χ4n) is 4.59. The highest BCUT2D eigenvalue weighted by Crippen LogP contribution is 2.47. The normalized spacial score (nSPS) is 15.3. The number of pyridine rings is 2. The molecule has 0 spiro atoms. The summed E-state index contributed by atoms with van der Waals surface area (Å²) in [6.45, 7) is 4.02. The molecule has 31 heavy (non-hydrogen) atoms. The number of methoxy groups -OCH3 is 1. The van der Waals surface area contributed by atoms with Crippen LogP contribution in [0.1, 0.15) is 42.7 Å². The van der Waals surface area contributed by atoms with Crippen molar-refractivity contribution in [2.45, 2.75) is 32.1 Å². The van der Waals surface area contributed by atoms with Crippen molar-refractivity contribution in [3.63, 3.8) is 0 Å². The lowest BCUT2D eigenvalue weighted by Crippen LogP contribution is -2.51. The number of hydrogen-bond donors (Lipinski definition) is 0. The summed E-state index contributed by atoms with van der Waals surface area (Å²) < 4.78 is 38.0. The first-order chi connectivity index (χ1) is 15.0. The van der Waals surface area contributed by atoms with Crippen LogP contribution < -0.4 is 9.13 Å². The minimum atomic E-state index is -0.659. The van der Waals surface area contributed by atoms with Gasteiger partial charge in [0.2, 0.25) is 11.9 Å². The van der Waals surface area contributed by atoms with E-state index in [0.29, 0.717) is 35.4 Å². The molecule has 4 rings (SSSR count). The fraction of sp³-hybridized carbons (Fsp3) is 0.240. The molecule has 6 heteroatoms. The maximum absolute atomic E-state index is 15.1. The molecule has 0 radical (unpaired) electrons. The minimum Gasteiger partial charge on any atom is -0.461 e. The van der Waals surface area contributed by atoms with Crippen molar-refractivity contribution in [1.29, 1.82) is 0 Å². The Morgan fingerprint density at radius 1 is 1.06 bits per heavy atom. The number of allylic oxidation sites excluding steroid dienone is 1. The summed E-state index contributed by atoms with van der Waals surface area (Å²) in [4.78, 5) is 12.3. The molecule has 0 saturated heterocycles. The van der Waals surface area contributed by atoms with Gasteiger partial charge in [-0.15, -0.1) is 0 Å². The Morgan fingerprint density at radius 2 is 1.77 bits per heavy atom. The van der Waals surface area contributed by atoms with Crippen LogP contribution in [0.4, 0.5) is 8.78 Å². The van der Waals surface area contributed by atoms with E-state index in [2.05, 4.69) is 0 Å². The zero-order valence-corrected chi connectivity index (χ0v) is 17.7. The third-order valence-electron chi connectivity index (χ3n) is 6.19. The number of hydrogen-bond acceptors (Lipinski definition) is 2. The Bertz CT molecular complexity index is 1200. The Morgan fingerprint density at radius 3 is 2.48 bits per heavy atom. The van der Waals surface area contributed by atoms with E-state index in [0.717, 1.165) is 11.8 Å². The van der Waals surface area contributed by atoms with Gasteiger partial charge in [0.1, 0.15) is 11.6 Å². The molecule has 4 nitrogen and oxygen atoms in total. The number of ether oxygens (including phenoxy) is 1. The van der Waals surface area contributed by atoms with Crippen molar-refractivity contribution in [2.24, 2.45) is 0 Å². The summed E-state index contributed by atoms with van der Waals surface area (Å²) >= 11 is 0. The molecule has 3 heterocycles. The molecule has 0 saturated carbocycles. The molecule has 158 valence electrons. The van der Waals surface area contributed by atoms with Gasteiger partial charge in [-0.1, -0.05) is 13.8 Å². The Balaban J connectivity index is 2.10. The van der Waals surface area contributed by atoms with Crippen molar-refractivity contribution in [1.82, 2.24) is 0 Å². The van der Waals surface area contributed by atoms with Crippen molar-refractivity contribution < 1.29 is 27.4 Å². The number of fused-ring (bicyclic) bond motifs is 3. The number of carbonyl (C=O) groups is 1. The molecule has 0 unspecified atom stereocenters. The molecule has 1 aromatic carbocycles. The van der Waals surface area contributed by atoms with Gasteiger partial charge in [-0.2, -0.15) is 9.13 Å². The van der Waals surface area contributed by atoms with E-state index < -0.39 is 23.0 Å². The molecular weight excluding hydrogens is 398 g/mol. The number of aromatic nitrogens is 2. The third kappa shape index (κ3) is 3.23. The lowest BCUT2D eigenvalue weighted by Gasteiger charge is -2.35. The molecule has 1 aliphatic rings. The Labute approximate surface area is 180 Å². The summed E-state index contributed by atoms with van der Waals surface area (Å²) in [7, 11) is 1.33. The predicted octanol–water partition coefficient (Wildman–Crippen LogP) is 4.52. The second kappa shape index (κ2) is 8.02. The van der Waals surface area contributed by atoms with Crippen LogP contribution in [0.15, 0.2) is 60.9 Å². The Hall–Kier alpha value is -3.41. The molecule has 2 aromatic heterocycles.